The van der Waals surface area contributed by atoms with E-state index in [2.05, 4.69) is 14.0 Å². The summed E-state index contributed by atoms with van der Waals surface area (Å²) >= 11 is 0. The molecule has 0 aliphatic carbocycles. The minimum atomic E-state index is -0.788. The third-order valence-corrected chi connectivity index (χ3v) is 6.15. The van der Waals surface area contributed by atoms with Crippen LogP contribution in [0.15, 0.2) is 24.3 Å². The fourth-order valence-corrected chi connectivity index (χ4v) is 4.57. The van der Waals surface area contributed by atoms with Crippen LogP contribution in [0.3, 0.4) is 0 Å². The molecular weight excluding hydrogens is 366 g/mol. The van der Waals surface area contributed by atoms with E-state index < -0.39 is 12.1 Å². The number of likely N-dealkylation sites (tertiary alicyclic amines) is 1. The summed E-state index contributed by atoms with van der Waals surface area (Å²) in [6.07, 6.45) is 2.20. The highest BCUT2D eigenvalue weighted by molar-refractivity contribution is 6.05. The molecular formula is C23H30N3O3+. The molecule has 1 amide bonds. The van der Waals surface area contributed by atoms with Gasteiger partial charge in [0.2, 0.25) is 0 Å². The molecule has 2 aromatic rings. The van der Waals surface area contributed by atoms with Gasteiger partial charge in [0.25, 0.3) is 5.91 Å². The van der Waals surface area contributed by atoms with Crippen molar-refractivity contribution in [3.63, 3.8) is 0 Å². The fraction of sp³-hybridized carbons (Fsp3) is 0.522. The Morgan fingerprint density at radius 1 is 1.31 bits per heavy atom. The van der Waals surface area contributed by atoms with Crippen molar-refractivity contribution in [3.05, 3.63) is 41.1 Å². The number of likely N-dealkylation sites (N-methyl/N-ethyl adjacent to an activating group) is 1. The van der Waals surface area contributed by atoms with Gasteiger partial charge >= 0.3 is 5.97 Å². The van der Waals surface area contributed by atoms with E-state index in [9.17, 15) is 9.59 Å². The van der Waals surface area contributed by atoms with Crippen LogP contribution in [0.25, 0.3) is 10.9 Å². The number of hydrogen-bond donors (Lipinski definition) is 1. The summed E-state index contributed by atoms with van der Waals surface area (Å²) in [6, 6.07) is 7.69. The Morgan fingerprint density at radius 2 is 2.10 bits per heavy atom. The van der Waals surface area contributed by atoms with E-state index in [1.54, 1.807) is 6.92 Å². The Balaban J connectivity index is 1.63. The summed E-state index contributed by atoms with van der Waals surface area (Å²) in [5, 5.41) is 0.803. The Hall–Kier alpha value is -2.47. The van der Waals surface area contributed by atoms with E-state index in [1.165, 1.54) is 4.90 Å². The Bertz CT molecular complexity index is 942. The molecule has 1 saturated heterocycles. The van der Waals surface area contributed by atoms with Crippen LogP contribution in [0.2, 0.25) is 0 Å². The largest absolute Gasteiger partial charge is 0.449 e. The smallest absolute Gasteiger partial charge is 0.340 e. The number of quaternary nitrogens is 1. The van der Waals surface area contributed by atoms with Gasteiger partial charge in [-0.15, -0.1) is 0 Å². The van der Waals surface area contributed by atoms with Gasteiger partial charge in [0.05, 0.1) is 30.4 Å². The van der Waals surface area contributed by atoms with Gasteiger partial charge in [0.15, 0.2) is 6.10 Å². The van der Waals surface area contributed by atoms with E-state index in [1.807, 2.05) is 29.2 Å². The number of aromatic nitrogens is 1. The van der Waals surface area contributed by atoms with Gasteiger partial charge < -0.3 is 14.5 Å². The maximum Gasteiger partial charge on any atom is 0.340 e. The minimum absolute atomic E-state index is 0.0973. The number of rotatable bonds is 3. The maximum atomic E-state index is 13.3. The van der Waals surface area contributed by atoms with Crippen molar-refractivity contribution in [1.29, 1.82) is 0 Å². The fourth-order valence-electron chi connectivity index (χ4n) is 4.57. The van der Waals surface area contributed by atoms with Crippen molar-refractivity contribution in [3.8, 4) is 0 Å². The first-order valence-electron chi connectivity index (χ1n) is 10.7. The zero-order chi connectivity index (χ0) is 20.5. The molecule has 3 atom stereocenters. The molecule has 2 aliphatic heterocycles. The van der Waals surface area contributed by atoms with Gasteiger partial charge in [0, 0.05) is 30.5 Å². The topological polar surface area (TPSA) is 63.9 Å². The first-order chi connectivity index (χ1) is 13.9. The lowest BCUT2D eigenvalue weighted by atomic mass is 9.96. The van der Waals surface area contributed by atoms with Crippen molar-refractivity contribution in [2.24, 2.45) is 5.92 Å². The standard InChI is InChI=1S/C23H29N3O3/c1-15-7-6-11-26(13-15)22(27)16(2)29-23(28)21-17-8-4-5-9-19(17)24-20-10-12-25(3)14-18(20)21/h4-5,8-9,15-16H,6-7,10-14H2,1-3H3/p+1/t15-,16-/m1/s1. The predicted molar refractivity (Wildman–Crippen MR) is 111 cm³/mol. The van der Waals surface area contributed by atoms with E-state index in [-0.39, 0.29) is 5.91 Å². The number of benzene rings is 1. The molecule has 1 aromatic heterocycles. The van der Waals surface area contributed by atoms with Gasteiger partial charge in [-0.3, -0.25) is 9.78 Å². The predicted octanol–water partition coefficient (Wildman–Crippen LogP) is 1.61. The maximum absolute atomic E-state index is 13.3. The summed E-state index contributed by atoms with van der Waals surface area (Å²) in [5.74, 6) is -0.0226. The zero-order valence-corrected chi connectivity index (χ0v) is 17.5. The third-order valence-electron chi connectivity index (χ3n) is 6.15. The first-order valence-corrected chi connectivity index (χ1v) is 10.7. The van der Waals surface area contributed by atoms with Crippen molar-refractivity contribution >= 4 is 22.8 Å². The van der Waals surface area contributed by atoms with E-state index >= 15 is 0 Å². The molecule has 0 spiro atoms. The highest BCUT2D eigenvalue weighted by Gasteiger charge is 2.31. The Morgan fingerprint density at radius 3 is 2.90 bits per heavy atom. The molecule has 2 aliphatic rings. The summed E-state index contributed by atoms with van der Waals surface area (Å²) in [6.45, 7) is 7.06. The van der Waals surface area contributed by atoms with Crippen LogP contribution in [0, 0.1) is 5.92 Å². The van der Waals surface area contributed by atoms with Gasteiger partial charge in [0.1, 0.15) is 6.54 Å². The van der Waals surface area contributed by atoms with Gasteiger partial charge in [-0.05, 0) is 31.7 Å². The number of piperidine rings is 1. The van der Waals surface area contributed by atoms with Crippen LogP contribution in [-0.2, 0) is 22.5 Å². The highest BCUT2D eigenvalue weighted by atomic mass is 16.5. The number of esters is 1. The van der Waals surface area contributed by atoms with Crippen molar-refractivity contribution in [2.45, 2.75) is 45.8 Å². The third kappa shape index (κ3) is 3.99. The molecule has 0 bridgehead atoms. The van der Waals surface area contributed by atoms with E-state index in [4.69, 9.17) is 9.72 Å². The van der Waals surface area contributed by atoms with Crippen LogP contribution < -0.4 is 4.90 Å². The molecule has 154 valence electrons. The number of carbonyl (C=O) groups excluding carboxylic acids is 2. The molecule has 6 nitrogen and oxygen atoms in total. The molecule has 1 aromatic carbocycles. The Labute approximate surface area is 171 Å². The van der Waals surface area contributed by atoms with Crippen molar-refractivity contribution < 1.29 is 19.2 Å². The lowest BCUT2D eigenvalue weighted by Crippen LogP contribution is -3.08. The van der Waals surface area contributed by atoms with Crippen molar-refractivity contribution in [1.82, 2.24) is 9.88 Å². The number of ether oxygens (including phenoxy) is 1. The lowest BCUT2D eigenvalue weighted by molar-refractivity contribution is -0.895. The number of pyridine rings is 1. The van der Waals surface area contributed by atoms with Crippen LogP contribution in [-0.4, -0.2) is 54.5 Å². The second kappa shape index (κ2) is 8.11. The number of hydrogen-bond acceptors (Lipinski definition) is 4. The Kier molecular flexibility index (Phi) is 5.54. The molecule has 1 N–H and O–H groups in total. The minimum Gasteiger partial charge on any atom is -0.449 e. The summed E-state index contributed by atoms with van der Waals surface area (Å²) in [5.41, 5.74) is 3.33. The van der Waals surface area contributed by atoms with E-state index in [0.717, 1.165) is 67.6 Å². The van der Waals surface area contributed by atoms with Crippen LogP contribution in [0.5, 0.6) is 0 Å². The second-order valence-corrected chi connectivity index (χ2v) is 8.64. The molecule has 29 heavy (non-hydrogen) atoms. The van der Waals surface area contributed by atoms with Crippen molar-refractivity contribution in [2.75, 3.05) is 26.7 Å². The first kappa shape index (κ1) is 19.8. The number of nitrogens with one attached hydrogen (secondary N) is 1. The summed E-state index contributed by atoms with van der Waals surface area (Å²) in [7, 11) is 2.12. The van der Waals surface area contributed by atoms with Crippen LogP contribution in [0.4, 0.5) is 0 Å². The zero-order valence-electron chi connectivity index (χ0n) is 17.5. The van der Waals surface area contributed by atoms with Crippen LogP contribution in [0.1, 0.15) is 48.3 Å². The quantitative estimate of drug-likeness (QED) is 0.801. The SMILES string of the molecule is C[C@@H]1CCCN(C(=O)[C@@H](C)OC(=O)c2c3c(nc4ccccc24)CC[NH+](C)C3)C1. The molecule has 4 rings (SSSR count). The number of para-hydroxylation sites is 1. The van der Waals surface area contributed by atoms with Gasteiger partial charge in [-0.2, -0.15) is 0 Å². The lowest BCUT2D eigenvalue weighted by Gasteiger charge is -2.32. The molecule has 0 radical (unpaired) electrons. The summed E-state index contributed by atoms with van der Waals surface area (Å²) < 4.78 is 5.73. The molecule has 3 heterocycles. The summed E-state index contributed by atoms with van der Waals surface area (Å²) in [4.78, 5) is 34.1. The number of fused-ring (bicyclic) bond motifs is 2. The number of carbonyl (C=O) groups is 2. The molecule has 0 saturated carbocycles. The second-order valence-electron chi connectivity index (χ2n) is 8.64. The van der Waals surface area contributed by atoms with Crippen LogP contribution >= 0.6 is 0 Å². The molecule has 6 heteroatoms. The monoisotopic (exact) mass is 396 g/mol. The van der Waals surface area contributed by atoms with E-state index in [0.29, 0.717) is 11.5 Å². The average molecular weight is 397 g/mol. The number of amides is 1. The highest BCUT2D eigenvalue weighted by Crippen LogP contribution is 2.26. The van der Waals surface area contributed by atoms with Gasteiger partial charge in [-0.25, -0.2) is 4.79 Å². The van der Waals surface area contributed by atoms with Gasteiger partial charge in [-0.1, -0.05) is 25.1 Å². The molecule has 1 fully saturated rings. The average Bonchev–Trinajstić information content (AvgIpc) is 2.71. The number of nitrogens with zero attached hydrogens (tertiary/aromatic N) is 2. The normalized spacial score (nSPS) is 22.8. The molecule has 1 unspecified atom stereocenters.